The van der Waals surface area contributed by atoms with Crippen molar-refractivity contribution >= 4 is 29.6 Å². The smallest absolute Gasteiger partial charge is 0.341 e. The van der Waals surface area contributed by atoms with Crippen LogP contribution in [-0.2, 0) is 4.79 Å². The van der Waals surface area contributed by atoms with Gasteiger partial charge in [0, 0.05) is 11.8 Å². The number of carboxylic acids is 1. The predicted molar refractivity (Wildman–Crippen MR) is 81.8 cm³/mol. The minimum Gasteiger partial charge on any atom is -0.480 e. The Hall–Kier alpha value is -3.16. The second-order valence-electron chi connectivity index (χ2n) is 4.22. The first-order valence-corrected chi connectivity index (χ1v) is 6.41. The van der Waals surface area contributed by atoms with Crippen LogP contribution in [0.4, 0.5) is 17.6 Å². The number of anilines is 3. The molecule has 0 aromatic carbocycles. The van der Waals surface area contributed by atoms with Crippen LogP contribution in [0.1, 0.15) is 12.5 Å². The van der Waals surface area contributed by atoms with E-state index in [0.29, 0.717) is 23.3 Å². The van der Waals surface area contributed by atoms with E-state index in [4.69, 9.17) is 15.6 Å². The summed E-state index contributed by atoms with van der Waals surface area (Å²) >= 11 is 0. The fourth-order valence-corrected chi connectivity index (χ4v) is 1.57. The Morgan fingerprint density at radius 3 is 2.82 bits per heavy atom. The lowest BCUT2D eigenvalue weighted by molar-refractivity contribution is -0.139. The number of hydrogen-bond donors (Lipinski definition) is 3. The lowest BCUT2D eigenvalue weighted by Gasteiger charge is -2.07. The first-order valence-electron chi connectivity index (χ1n) is 6.41. The van der Waals surface area contributed by atoms with Gasteiger partial charge >= 0.3 is 5.97 Å². The maximum absolute atomic E-state index is 10.4. The number of carbonyl (C=O) groups is 1. The molecule has 2 heterocycles. The number of nitrogens with two attached hydrogens (primary N) is 1. The fourth-order valence-electron chi connectivity index (χ4n) is 1.57. The SMILES string of the molecule is C/C=C/c1cnc(Nc2ccc(OCC(=O)O)cn2)nc1N. The number of nitrogens with one attached hydrogen (secondary N) is 1. The Morgan fingerprint density at radius 2 is 2.23 bits per heavy atom. The molecule has 0 spiro atoms. The number of aromatic nitrogens is 3. The molecule has 2 aromatic rings. The highest BCUT2D eigenvalue weighted by Crippen LogP contribution is 2.17. The van der Waals surface area contributed by atoms with E-state index in [1.54, 1.807) is 18.3 Å². The maximum Gasteiger partial charge on any atom is 0.341 e. The van der Waals surface area contributed by atoms with Gasteiger partial charge in [0.05, 0.1) is 6.20 Å². The zero-order valence-electron chi connectivity index (χ0n) is 11.9. The van der Waals surface area contributed by atoms with Gasteiger partial charge in [0.15, 0.2) is 6.61 Å². The number of pyridine rings is 1. The molecule has 0 amide bonds. The minimum absolute atomic E-state index is 0.317. The highest BCUT2D eigenvalue weighted by Gasteiger charge is 2.04. The van der Waals surface area contributed by atoms with E-state index in [1.165, 1.54) is 6.20 Å². The summed E-state index contributed by atoms with van der Waals surface area (Å²) < 4.78 is 4.99. The van der Waals surface area contributed by atoms with Crippen molar-refractivity contribution in [1.29, 1.82) is 0 Å². The van der Waals surface area contributed by atoms with Gasteiger partial charge < -0.3 is 20.9 Å². The van der Waals surface area contributed by atoms with Crippen molar-refractivity contribution in [2.24, 2.45) is 0 Å². The molecule has 0 saturated heterocycles. The monoisotopic (exact) mass is 301 g/mol. The van der Waals surface area contributed by atoms with Gasteiger partial charge in [-0.05, 0) is 19.1 Å². The normalized spacial score (nSPS) is 10.6. The first kappa shape index (κ1) is 15.2. The average Bonchev–Trinajstić information content (AvgIpc) is 2.49. The van der Waals surface area contributed by atoms with Crippen molar-refractivity contribution in [3.63, 3.8) is 0 Å². The van der Waals surface area contributed by atoms with E-state index in [0.717, 1.165) is 5.56 Å². The quantitative estimate of drug-likeness (QED) is 0.736. The van der Waals surface area contributed by atoms with Crippen LogP contribution in [0.15, 0.2) is 30.6 Å². The minimum atomic E-state index is -1.05. The Bertz CT molecular complexity index is 685. The number of nitrogen functional groups attached to an aromatic ring is 1. The Kier molecular flexibility index (Phi) is 4.86. The van der Waals surface area contributed by atoms with Gasteiger partial charge in [0.1, 0.15) is 17.4 Å². The number of rotatable bonds is 6. The standard InChI is InChI=1S/C14H15N5O3/c1-2-3-9-6-17-14(19-13(9)15)18-11-5-4-10(7-16-11)22-8-12(20)21/h2-7H,8H2,1H3,(H,20,21)(H3,15,16,17,18,19)/b3-2+. The van der Waals surface area contributed by atoms with Crippen molar-refractivity contribution in [2.45, 2.75) is 6.92 Å². The third-order valence-corrected chi connectivity index (χ3v) is 2.53. The summed E-state index contributed by atoms with van der Waals surface area (Å²) in [5, 5.41) is 11.4. The summed E-state index contributed by atoms with van der Waals surface area (Å²) in [5.41, 5.74) is 6.55. The van der Waals surface area contributed by atoms with Crippen LogP contribution in [0.2, 0.25) is 0 Å². The molecule has 8 nitrogen and oxygen atoms in total. The van der Waals surface area contributed by atoms with E-state index in [-0.39, 0.29) is 0 Å². The maximum atomic E-state index is 10.4. The van der Waals surface area contributed by atoms with Crippen LogP contribution in [0.3, 0.4) is 0 Å². The molecular formula is C14H15N5O3. The highest BCUT2D eigenvalue weighted by molar-refractivity contribution is 5.68. The molecule has 0 atom stereocenters. The van der Waals surface area contributed by atoms with Crippen molar-refractivity contribution in [2.75, 3.05) is 17.7 Å². The Morgan fingerprint density at radius 1 is 1.41 bits per heavy atom. The van der Waals surface area contributed by atoms with Crippen LogP contribution >= 0.6 is 0 Å². The summed E-state index contributed by atoms with van der Waals surface area (Å²) in [6.07, 6.45) is 6.67. The molecule has 2 rings (SSSR count). The number of hydrogen-bond acceptors (Lipinski definition) is 7. The number of nitrogens with zero attached hydrogens (tertiary/aromatic N) is 3. The largest absolute Gasteiger partial charge is 0.480 e. The zero-order chi connectivity index (χ0) is 15.9. The molecule has 22 heavy (non-hydrogen) atoms. The van der Waals surface area contributed by atoms with Gasteiger partial charge in [-0.3, -0.25) is 0 Å². The molecular weight excluding hydrogens is 286 g/mol. The summed E-state index contributed by atoms with van der Waals surface area (Å²) in [4.78, 5) is 22.7. The lowest BCUT2D eigenvalue weighted by atomic mass is 10.3. The van der Waals surface area contributed by atoms with Gasteiger partial charge in [0.25, 0.3) is 0 Å². The average molecular weight is 301 g/mol. The summed E-state index contributed by atoms with van der Waals surface area (Å²) in [7, 11) is 0. The summed E-state index contributed by atoms with van der Waals surface area (Å²) in [5.74, 6) is 0.472. The van der Waals surface area contributed by atoms with E-state index in [9.17, 15) is 4.79 Å². The van der Waals surface area contributed by atoms with E-state index < -0.39 is 12.6 Å². The molecule has 114 valence electrons. The van der Waals surface area contributed by atoms with Gasteiger partial charge in [-0.1, -0.05) is 12.2 Å². The van der Waals surface area contributed by atoms with Crippen molar-refractivity contribution < 1.29 is 14.6 Å². The third kappa shape index (κ3) is 4.17. The molecule has 0 unspecified atom stereocenters. The molecule has 0 radical (unpaired) electrons. The second-order valence-corrected chi connectivity index (χ2v) is 4.22. The zero-order valence-corrected chi connectivity index (χ0v) is 11.9. The van der Waals surface area contributed by atoms with Crippen molar-refractivity contribution in [3.8, 4) is 5.75 Å². The van der Waals surface area contributed by atoms with Gasteiger partial charge in [-0.2, -0.15) is 4.98 Å². The van der Waals surface area contributed by atoms with Crippen LogP contribution in [0.5, 0.6) is 5.75 Å². The Balaban J connectivity index is 2.04. The number of ether oxygens (including phenoxy) is 1. The second kappa shape index (κ2) is 7.02. The van der Waals surface area contributed by atoms with E-state index in [2.05, 4.69) is 20.3 Å². The van der Waals surface area contributed by atoms with Crippen LogP contribution < -0.4 is 15.8 Å². The fraction of sp³-hybridized carbons (Fsp3) is 0.143. The van der Waals surface area contributed by atoms with Gasteiger partial charge in [0.2, 0.25) is 5.95 Å². The van der Waals surface area contributed by atoms with E-state index >= 15 is 0 Å². The van der Waals surface area contributed by atoms with Gasteiger partial charge in [-0.15, -0.1) is 0 Å². The predicted octanol–water partition coefficient (Wildman–Crippen LogP) is 1.69. The van der Waals surface area contributed by atoms with Gasteiger partial charge in [-0.25, -0.2) is 14.8 Å². The van der Waals surface area contributed by atoms with Crippen LogP contribution in [-0.4, -0.2) is 32.6 Å². The van der Waals surface area contributed by atoms with Crippen molar-refractivity contribution in [3.05, 3.63) is 36.2 Å². The number of allylic oxidation sites excluding steroid dienone is 1. The molecule has 2 aromatic heterocycles. The first-order chi connectivity index (χ1) is 10.6. The van der Waals surface area contributed by atoms with E-state index in [1.807, 2.05) is 19.1 Å². The molecule has 0 bridgehead atoms. The Labute approximate surface area is 126 Å². The molecule has 0 aliphatic heterocycles. The lowest BCUT2D eigenvalue weighted by Crippen LogP contribution is -2.09. The van der Waals surface area contributed by atoms with Crippen LogP contribution in [0, 0.1) is 0 Å². The number of carboxylic acid groups (broad SMARTS) is 1. The molecule has 0 aliphatic carbocycles. The van der Waals surface area contributed by atoms with Crippen molar-refractivity contribution in [1.82, 2.24) is 15.0 Å². The third-order valence-electron chi connectivity index (χ3n) is 2.53. The molecule has 4 N–H and O–H groups in total. The molecule has 0 fully saturated rings. The van der Waals surface area contributed by atoms with Crippen LogP contribution in [0.25, 0.3) is 6.08 Å². The number of aliphatic carboxylic acids is 1. The molecule has 8 heteroatoms. The summed E-state index contributed by atoms with van der Waals surface area (Å²) in [6.45, 7) is 1.46. The topological polar surface area (TPSA) is 123 Å². The molecule has 0 aliphatic rings. The molecule has 0 saturated carbocycles. The summed E-state index contributed by atoms with van der Waals surface area (Å²) in [6, 6.07) is 3.21. The highest BCUT2D eigenvalue weighted by atomic mass is 16.5.